The lowest BCUT2D eigenvalue weighted by Gasteiger charge is -2.45. The van der Waals surface area contributed by atoms with E-state index in [9.17, 15) is 4.55 Å². The van der Waals surface area contributed by atoms with E-state index in [4.69, 9.17) is 9.13 Å². The molecule has 0 amide bonds. The molecule has 1 spiro atoms. The van der Waals surface area contributed by atoms with Gasteiger partial charge < -0.3 is 9.29 Å². The minimum atomic E-state index is -1.26. The third kappa shape index (κ3) is 4.03. The number of ether oxygens (including phenoxy) is 1. The van der Waals surface area contributed by atoms with Crippen LogP contribution in [0.2, 0.25) is 0 Å². The normalized spacial score (nSPS) is 33.5. The van der Waals surface area contributed by atoms with E-state index in [0.717, 1.165) is 35.9 Å². The van der Waals surface area contributed by atoms with Gasteiger partial charge in [-0.1, -0.05) is 46.7 Å². The van der Waals surface area contributed by atoms with Crippen LogP contribution in [-0.2, 0) is 22.5 Å². The first kappa shape index (κ1) is 21.4. The largest absolute Gasteiger partial charge is 0.591 e. The zero-order valence-corrected chi connectivity index (χ0v) is 19.7. The van der Waals surface area contributed by atoms with Gasteiger partial charge in [-0.25, -0.2) is 0 Å². The van der Waals surface area contributed by atoms with E-state index in [1.54, 1.807) is 0 Å². The van der Waals surface area contributed by atoms with E-state index in [0.29, 0.717) is 17.9 Å². The minimum Gasteiger partial charge on any atom is -0.591 e. The molecule has 1 aromatic rings. The van der Waals surface area contributed by atoms with Gasteiger partial charge in [0.1, 0.15) is 21.8 Å². The highest BCUT2D eigenvalue weighted by atomic mass is 79.9. The molecule has 5 atom stereocenters. The predicted molar refractivity (Wildman–Crippen MR) is 118 cm³/mol. The summed E-state index contributed by atoms with van der Waals surface area (Å²) < 4.78 is 24.4. The molecule has 0 radical (unpaired) electrons. The monoisotopic (exact) mass is 453 g/mol. The fourth-order valence-electron chi connectivity index (χ4n) is 5.06. The molecule has 0 N–H and O–H groups in total. The quantitative estimate of drug-likeness (QED) is 0.549. The Labute approximate surface area is 175 Å². The van der Waals surface area contributed by atoms with Gasteiger partial charge in [0, 0.05) is 22.6 Å². The van der Waals surface area contributed by atoms with Crippen molar-refractivity contribution in [2.24, 2.45) is 21.6 Å². The third-order valence-electron chi connectivity index (χ3n) is 6.24. The van der Waals surface area contributed by atoms with Crippen LogP contribution in [-0.4, -0.2) is 28.2 Å². The summed E-state index contributed by atoms with van der Waals surface area (Å²) in [5, 5.41) is 0. The number of rotatable bonds is 3. The first-order valence-electron chi connectivity index (χ1n) is 9.94. The lowest BCUT2D eigenvalue weighted by atomic mass is 9.62. The van der Waals surface area contributed by atoms with E-state index < -0.39 is 11.4 Å². The Balaban J connectivity index is 2.10. The molecule has 1 saturated carbocycles. The van der Waals surface area contributed by atoms with Crippen molar-refractivity contribution in [3.05, 3.63) is 33.8 Å². The smallest absolute Gasteiger partial charge is 0.144 e. The van der Waals surface area contributed by atoms with E-state index in [1.165, 1.54) is 11.1 Å². The van der Waals surface area contributed by atoms with Crippen molar-refractivity contribution in [1.82, 2.24) is 0 Å². The van der Waals surface area contributed by atoms with Gasteiger partial charge in [0.2, 0.25) is 0 Å². The summed E-state index contributed by atoms with van der Waals surface area (Å²) in [6, 6.07) is 6.48. The Morgan fingerprint density at radius 3 is 2.63 bits per heavy atom. The molecule has 2 aliphatic carbocycles. The minimum absolute atomic E-state index is 0.0286. The average Bonchev–Trinajstić information content (AvgIpc) is 2.86. The highest BCUT2D eigenvalue weighted by molar-refractivity contribution is 9.10. The molecular weight excluding hydrogens is 422 g/mol. The van der Waals surface area contributed by atoms with Crippen molar-refractivity contribution in [3.63, 3.8) is 0 Å². The SMILES string of the molecule is CC[C@H]1C[C@]2(Cc3ccc(Br)cc3/C2=N/[S@@+]([O-])C(C)(C)C)C[C@@H](C)[C@@H]1OC. The summed E-state index contributed by atoms with van der Waals surface area (Å²) in [5.74, 6) is 0.963. The molecule has 0 aliphatic heterocycles. The van der Waals surface area contributed by atoms with Crippen molar-refractivity contribution in [3.8, 4) is 0 Å². The van der Waals surface area contributed by atoms with Gasteiger partial charge in [-0.15, -0.1) is 0 Å². The van der Waals surface area contributed by atoms with E-state index in [-0.39, 0.29) is 10.2 Å². The van der Waals surface area contributed by atoms with Gasteiger partial charge in [-0.3, -0.25) is 0 Å². The molecule has 5 heteroatoms. The second-order valence-electron chi connectivity index (χ2n) is 9.31. The Kier molecular flexibility index (Phi) is 6.18. The van der Waals surface area contributed by atoms with Gasteiger partial charge >= 0.3 is 0 Å². The summed E-state index contributed by atoms with van der Waals surface area (Å²) in [4.78, 5) is 0. The van der Waals surface area contributed by atoms with Crippen LogP contribution >= 0.6 is 15.9 Å². The van der Waals surface area contributed by atoms with Gasteiger partial charge in [-0.05, 0) is 69.6 Å². The van der Waals surface area contributed by atoms with Crippen LogP contribution in [0, 0.1) is 17.3 Å². The molecule has 0 saturated heterocycles. The Hall–Kier alpha value is -0.360. The molecule has 150 valence electrons. The van der Waals surface area contributed by atoms with Gasteiger partial charge in [0.05, 0.1) is 6.10 Å². The number of nitrogens with zero attached hydrogens (tertiary/aromatic N) is 1. The molecule has 1 fully saturated rings. The maximum absolute atomic E-state index is 13.0. The predicted octanol–water partition coefficient (Wildman–Crippen LogP) is 5.71. The second kappa shape index (κ2) is 7.81. The first-order chi connectivity index (χ1) is 12.6. The number of benzene rings is 1. The number of methoxy groups -OCH3 is 1. The Morgan fingerprint density at radius 2 is 2.04 bits per heavy atom. The van der Waals surface area contributed by atoms with Crippen LogP contribution in [0.4, 0.5) is 0 Å². The maximum Gasteiger partial charge on any atom is 0.144 e. The molecule has 0 heterocycles. The third-order valence-corrected chi connectivity index (χ3v) is 8.13. The fraction of sp³-hybridized carbons (Fsp3) is 0.682. The maximum atomic E-state index is 13.0. The van der Waals surface area contributed by atoms with Crippen LogP contribution in [0.1, 0.15) is 65.0 Å². The molecule has 1 aromatic carbocycles. The highest BCUT2D eigenvalue weighted by Crippen LogP contribution is 2.53. The average molecular weight is 454 g/mol. The highest BCUT2D eigenvalue weighted by Gasteiger charge is 2.52. The van der Waals surface area contributed by atoms with E-state index >= 15 is 0 Å². The molecular formula is C22H32BrNO2S. The number of hydrogen-bond acceptors (Lipinski definition) is 3. The van der Waals surface area contributed by atoms with E-state index in [1.807, 2.05) is 27.9 Å². The molecule has 0 aromatic heterocycles. The van der Waals surface area contributed by atoms with Crippen LogP contribution < -0.4 is 0 Å². The topological polar surface area (TPSA) is 44.7 Å². The summed E-state index contributed by atoms with van der Waals surface area (Å²) >= 11 is 2.36. The zero-order chi connectivity index (χ0) is 20.0. The first-order valence-corrected chi connectivity index (χ1v) is 11.8. The van der Waals surface area contributed by atoms with Gasteiger partial charge in [0.15, 0.2) is 0 Å². The van der Waals surface area contributed by atoms with Crippen LogP contribution in [0.25, 0.3) is 0 Å². The molecule has 27 heavy (non-hydrogen) atoms. The number of halogens is 1. The summed E-state index contributed by atoms with van der Waals surface area (Å²) in [7, 11) is 1.84. The van der Waals surface area contributed by atoms with Crippen LogP contribution in [0.3, 0.4) is 0 Å². The molecule has 0 unspecified atom stereocenters. The number of hydrogen-bond donors (Lipinski definition) is 0. The van der Waals surface area contributed by atoms with Crippen molar-refractivity contribution in [2.45, 2.75) is 71.2 Å². The molecule has 2 aliphatic rings. The zero-order valence-electron chi connectivity index (χ0n) is 17.3. The fourth-order valence-corrected chi connectivity index (χ4v) is 6.15. The lowest BCUT2D eigenvalue weighted by molar-refractivity contribution is -0.0419. The van der Waals surface area contributed by atoms with Crippen molar-refractivity contribution in [1.29, 1.82) is 0 Å². The van der Waals surface area contributed by atoms with Gasteiger partial charge in [-0.2, -0.15) is 0 Å². The summed E-state index contributed by atoms with van der Waals surface area (Å²) in [6.07, 6.45) is 4.48. The molecule has 3 rings (SSSR count). The van der Waals surface area contributed by atoms with Crippen molar-refractivity contribution < 1.29 is 9.29 Å². The summed E-state index contributed by atoms with van der Waals surface area (Å²) in [5.41, 5.74) is 3.55. The van der Waals surface area contributed by atoms with Gasteiger partial charge in [0.25, 0.3) is 0 Å². The molecule has 0 bridgehead atoms. The van der Waals surface area contributed by atoms with Crippen LogP contribution in [0.15, 0.2) is 27.1 Å². The van der Waals surface area contributed by atoms with Crippen molar-refractivity contribution >= 4 is 33.0 Å². The number of fused-ring (bicyclic) bond motifs is 1. The Bertz CT molecular complexity index is 730. The van der Waals surface area contributed by atoms with E-state index in [2.05, 4.69) is 48.0 Å². The molecule has 3 nitrogen and oxygen atoms in total. The van der Waals surface area contributed by atoms with Crippen molar-refractivity contribution in [2.75, 3.05) is 7.11 Å². The summed E-state index contributed by atoms with van der Waals surface area (Å²) in [6.45, 7) is 10.5. The Morgan fingerprint density at radius 1 is 1.33 bits per heavy atom. The lowest BCUT2D eigenvalue weighted by Crippen LogP contribution is -2.46. The second-order valence-corrected chi connectivity index (χ2v) is 12.1. The standard InChI is InChI=1S/C22H32BrNO2S/c1-7-15-12-22(11-14(2)19(15)26-6)13-16-8-9-17(23)10-18(16)20(22)24-27(25)21(3,4)5/h8-10,14-15,19H,7,11-13H2,1-6H3/b24-20-/t14-,15+,19+,22+,27+/m1/s1. The van der Waals surface area contributed by atoms with Crippen LogP contribution in [0.5, 0.6) is 0 Å².